The van der Waals surface area contributed by atoms with Crippen LogP contribution in [-0.4, -0.2) is 40.1 Å². The number of nitrogens with zero attached hydrogens (tertiary/aromatic N) is 3. The summed E-state index contributed by atoms with van der Waals surface area (Å²) in [6, 6.07) is 15.0. The standard InChI is InChI=1S/C21H18N4O2/c1-24-12-11-15(21(24)27)10-9-14-5-4-6-16(13-14)25-18-8-3-2-7-17(18)19(23-25)20(22)26/h2-8,13,15H,11-12H2,1H3,(H2,22,26). The minimum atomic E-state index is -0.565. The number of hydrogen-bond acceptors (Lipinski definition) is 3. The van der Waals surface area contributed by atoms with E-state index in [2.05, 4.69) is 16.9 Å². The number of carbonyl (C=O) groups excluding carboxylic acids is 2. The van der Waals surface area contributed by atoms with Gasteiger partial charge >= 0.3 is 0 Å². The van der Waals surface area contributed by atoms with Crippen molar-refractivity contribution in [3.8, 4) is 17.5 Å². The molecule has 1 unspecified atom stereocenters. The zero-order valence-electron chi connectivity index (χ0n) is 14.8. The molecule has 6 heteroatoms. The average Bonchev–Trinajstić information content (AvgIpc) is 3.22. The van der Waals surface area contributed by atoms with Gasteiger partial charge in [-0.15, -0.1) is 0 Å². The van der Waals surface area contributed by atoms with Crippen LogP contribution in [0.2, 0.25) is 0 Å². The van der Waals surface area contributed by atoms with Crippen molar-refractivity contribution in [3.05, 3.63) is 59.8 Å². The van der Waals surface area contributed by atoms with Gasteiger partial charge in [0, 0.05) is 24.5 Å². The highest BCUT2D eigenvalue weighted by molar-refractivity contribution is 6.04. The van der Waals surface area contributed by atoms with Gasteiger partial charge in [0.2, 0.25) is 5.91 Å². The molecule has 1 aromatic heterocycles. The Bertz CT molecular complexity index is 1120. The van der Waals surface area contributed by atoms with Gasteiger partial charge in [-0.1, -0.05) is 36.1 Å². The van der Waals surface area contributed by atoms with Crippen LogP contribution in [-0.2, 0) is 4.79 Å². The van der Waals surface area contributed by atoms with Gasteiger partial charge in [-0.3, -0.25) is 9.59 Å². The summed E-state index contributed by atoms with van der Waals surface area (Å²) >= 11 is 0. The average molecular weight is 358 g/mol. The van der Waals surface area contributed by atoms with Crippen LogP contribution in [0.25, 0.3) is 16.6 Å². The lowest BCUT2D eigenvalue weighted by atomic mass is 10.1. The van der Waals surface area contributed by atoms with Crippen molar-refractivity contribution in [3.63, 3.8) is 0 Å². The maximum Gasteiger partial charge on any atom is 0.269 e. The number of para-hydroxylation sites is 1. The van der Waals surface area contributed by atoms with Crippen molar-refractivity contribution in [1.29, 1.82) is 0 Å². The number of benzene rings is 2. The highest BCUT2D eigenvalue weighted by Crippen LogP contribution is 2.22. The van der Waals surface area contributed by atoms with E-state index in [1.807, 2.05) is 48.5 Å². The van der Waals surface area contributed by atoms with Crippen molar-refractivity contribution >= 4 is 22.7 Å². The molecule has 1 saturated heterocycles. The minimum absolute atomic E-state index is 0.0721. The van der Waals surface area contributed by atoms with E-state index in [1.54, 1.807) is 16.6 Å². The fraction of sp³-hybridized carbons (Fsp3) is 0.190. The smallest absolute Gasteiger partial charge is 0.269 e. The summed E-state index contributed by atoms with van der Waals surface area (Å²) in [5.74, 6) is 5.43. The number of carbonyl (C=O) groups is 2. The van der Waals surface area contributed by atoms with Crippen molar-refractivity contribution in [2.75, 3.05) is 13.6 Å². The fourth-order valence-electron chi connectivity index (χ4n) is 3.29. The van der Waals surface area contributed by atoms with Crippen LogP contribution in [0, 0.1) is 17.8 Å². The van der Waals surface area contributed by atoms with Gasteiger partial charge in [-0.2, -0.15) is 5.10 Å². The van der Waals surface area contributed by atoms with Crippen molar-refractivity contribution in [2.24, 2.45) is 11.7 Å². The third-order valence-corrected chi connectivity index (χ3v) is 4.73. The van der Waals surface area contributed by atoms with Crippen LogP contribution in [0.15, 0.2) is 48.5 Å². The highest BCUT2D eigenvalue weighted by atomic mass is 16.2. The Morgan fingerprint density at radius 3 is 2.78 bits per heavy atom. The molecule has 3 aromatic rings. The summed E-state index contributed by atoms with van der Waals surface area (Å²) in [4.78, 5) is 25.4. The van der Waals surface area contributed by atoms with Gasteiger partial charge in [0.15, 0.2) is 5.69 Å². The van der Waals surface area contributed by atoms with E-state index >= 15 is 0 Å². The lowest BCUT2D eigenvalue weighted by molar-refractivity contribution is -0.128. The minimum Gasteiger partial charge on any atom is -0.364 e. The topological polar surface area (TPSA) is 81.2 Å². The highest BCUT2D eigenvalue weighted by Gasteiger charge is 2.27. The quantitative estimate of drug-likeness (QED) is 0.711. The molecule has 0 aliphatic carbocycles. The molecule has 0 bridgehead atoms. The summed E-state index contributed by atoms with van der Waals surface area (Å²) in [7, 11) is 1.80. The fourth-order valence-corrected chi connectivity index (χ4v) is 3.29. The number of hydrogen-bond donors (Lipinski definition) is 1. The monoisotopic (exact) mass is 358 g/mol. The van der Waals surface area contributed by atoms with E-state index < -0.39 is 5.91 Å². The maximum absolute atomic E-state index is 12.0. The Morgan fingerprint density at radius 1 is 1.22 bits per heavy atom. The first-order chi connectivity index (χ1) is 13.0. The molecule has 0 radical (unpaired) electrons. The Labute approximate surface area is 156 Å². The predicted molar refractivity (Wildman–Crippen MR) is 102 cm³/mol. The molecule has 2 amide bonds. The van der Waals surface area contributed by atoms with Gasteiger partial charge in [-0.25, -0.2) is 4.68 Å². The number of amides is 2. The van der Waals surface area contributed by atoms with E-state index in [0.717, 1.165) is 29.7 Å². The molecule has 2 N–H and O–H groups in total. The van der Waals surface area contributed by atoms with Gasteiger partial charge in [0.25, 0.3) is 5.91 Å². The van der Waals surface area contributed by atoms with E-state index in [-0.39, 0.29) is 17.5 Å². The van der Waals surface area contributed by atoms with Crippen molar-refractivity contribution in [1.82, 2.24) is 14.7 Å². The molecule has 1 aliphatic rings. The van der Waals surface area contributed by atoms with E-state index in [4.69, 9.17) is 5.73 Å². The van der Waals surface area contributed by atoms with Gasteiger partial charge < -0.3 is 10.6 Å². The molecule has 6 nitrogen and oxygen atoms in total. The molecule has 2 heterocycles. The summed E-state index contributed by atoms with van der Waals surface area (Å²) in [5, 5.41) is 5.10. The number of aromatic nitrogens is 2. The predicted octanol–water partition coefficient (Wildman–Crippen LogP) is 1.95. The Balaban J connectivity index is 1.73. The van der Waals surface area contributed by atoms with Gasteiger partial charge in [0.1, 0.15) is 5.92 Å². The molecule has 0 spiro atoms. The lowest BCUT2D eigenvalue weighted by Crippen LogP contribution is -2.21. The number of rotatable bonds is 2. The van der Waals surface area contributed by atoms with Crippen LogP contribution in [0.3, 0.4) is 0 Å². The Hall–Kier alpha value is -3.59. The van der Waals surface area contributed by atoms with Gasteiger partial charge in [-0.05, 0) is 30.7 Å². The lowest BCUT2D eigenvalue weighted by Gasteiger charge is -2.05. The molecule has 1 atom stereocenters. The summed E-state index contributed by atoms with van der Waals surface area (Å²) < 4.78 is 1.69. The molecular weight excluding hydrogens is 340 g/mol. The van der Waals surface area contributed by atoms with Crippen molar-refractivity contribution < 1.29 is 9.59 Å². The normalized spacial score (nSPS) is 16.4. The molecule has 1 fully saturated rings. The number of primary amides is 1. The van der Waals surface area contributed by atoms with Crippen molar-refractivity contribution in [2.45, 2.75) is 6.42 Å². The van der Waals surface area contributed by atoms with Crippen LogP contribution in [0.5, 0.6) is 0 Å². The SMILES string of the molecule is CN1CCC(C#Cc2cccc(-n3nc(C(N)=O)c4ccccc43)c2)C1=O. The first kappa shape index (κ1) is 16.9. The van der Waals surface area contributed by atoms with Crippen LogP contribution in [0.4, 0.5) is 0 Å². The van der Waals surface area contributed by atoms with Crippen LogP contribution >= 0.6 is 0 Å². The molecule has 27 heavy (non-hydrogen) atoms. The van der Waals surface area contributed by atoms with Gasteiger partial charge in [0.05, 0.1) is 11.2 Å². The first-order valence-electron chi connectivity index (χ1n) is 8.69. The maximum atomic E-state index is 12.0. The second kappa shape index (κ2) is 6.61. The summed E-state index contributed by atoms with van der Waals surface area (Å²) in [6.07, 6.45) is 0.758. The van der Waals surface area contributed by atoms with Crippen LogP contribution < -0.4 is 5.73 Å². The molecule has 0 saturated carbocycles. The summed E-state index contributed by atoms with van der Waals surface area (Å²) in [6.45, 7) is 0.743. The van der Waals surface area contributed by atoms with E-state index in [9.17, 15) is 9.59 Å². The first-order valence-corrected chi connectivity index (χ1v) is 8.69. The zero-order chi connectivity index (χ0) is 19.0. The largest absolute Gasteiger partial charge is 0.364 e. The zero-order valence-corrected chi connectivity index (χ0v) is 14.8. The Kier molecular flexibility index (Phi) is 4.13. The number of fused-ring (bicyclic) bond motifs is 1. The third kappa shape index (κ3) is 3.04. The number of nitrogens with two attached hydrogens (primary N) is 1. The molecule has 134 valence electrons. The number of likely N-dealkylation sites (tertiary alicyclic amines) is 1. The summed E-state index contributed by atoms with van der Waals surface area (Å²) in [5.41, 5.74) is 8.07. The third-order valence-electron chi connectivity index (χ3n) is 4.73. The Morgan fingerprint density at radius 2 is 2.04 bits per heavy atom. The molecular formula is C21H18N4O2. The molecule has 4 rings (SSSR count). The van der Waals surface area contributed by atoms with E-state index in [0.29, 0.717) is 5.39 Å². The molecule has 1 aliphatic heterocycles. The molecule has 2 aromatic carbocycles. The second-order valence-corrected chi connectivity index (χ2v) is 6.56. The second-order valence-electron chi connectivity index (χ2n) is 6.56. The van der Waals surface area contributed by atoms with Crippen LogP contribution in [0.1, 0.15) is 22.5 Å². The van der Waals surface area contributed by atoms with E-state index in [1.165, 1.54) is 0 Å².